The molecule has 0 radical (unpaired) electrons. The number of ether oxygens (including phenoxy) is 1. The van der Waals surface area contributed by atoms with Gasteiger partial charge in [0, 0.05) is 6.61 Å². The van der Waals surface area contributed by atoms with Gasteiger partial charge in [0.05, 0.1) is 12.1 Å². The summed E-state index contributed by atoms with van der Waals surface area (Å²) in [4.78, 5) is 11.9. The molecule has 0 bridgehead atoms. The fourth-order valence-electron chi connectivity index (χ4n) is 2.41. The third-order valence-corrected chi connectivity index (χ3v) is 3.55. The second-order valence-electron chi connectivity index (χ2n) is 4.68. The Morgan fingerprint density at radius 2 is 2.13 bits per heavy atom. The maximum Gasteiger partial charge on any atom is 0.252 e. The van der Waals surface area contributed by atoms with E-state index < -0.39 is 5.60 Å². The van der Waals surface area contributed by atoms with Crippen molar-refractivity contribution in [2.75, 3.05) is 6.61 Å². The zero-order chi connectivity index (χ0) is 10.9. The van der Waals surface area contributed by atoms with Crippen molar-refractivity contribution in [2.45, 2.75) is 56.8 Å². The van der Waals surface area contributed by atoms with Crippen molar-refractivity contribution in [2.24, 2.45) is 0 Å². The maximum absolute atomic E-state index is 11.9. The van der Waals surface area contributed by atoms with Crippen molar-refractivity contribution in [3.05, 3.63) is 0 Å². The second-order valence-corrected chi connectivity index (χ2v) is 4.68. The van der Waals surface area contributed by atoms with Crippen molar-refractivity contribution >= 4 is 5.91 Å². The van der Waals surface area contributed by atoms with Gasteiger partial charge in [-0.15, -0.1) is 0 Å². The van der Waals surface area contributed by atoms with E-state index in [4.69, 9.17) is 4.74 Å². The molecule has 2 fully saturated rings. The monoisotopic (exact) mass is 213 g/mol. The Bertz CT molecular complexity index is 248. The number of aliphatic hydroxyl groups is 1. The molecular formula is C11H19NO3. The number of carbonyl (C=O) groups is 1. The Balaban J connectivity index is 1.91. The van der Waals surface area contributed by atoms with Crippen molar-refractivity contribution in [3.8, 4) is 0 Å². The van der Waals surface area contributed by atoms with E-state index in [0.717, 1.165) is 19.3 Å². The van der Waals surface area contributed by atoms with Crippen LogP contribution in [0.15, 0.2) is 0 Å². The van der Waals surface area contributed by atoms with Crippen LogP contribution >= 0.6 is 0 Å². The van der Waals surface area contributed by atoms with E-state index in [2.05, 4.69) is 5.32 Å². The Morgan fingerprint density at radius 3 is 2.67 bits per heavy atom. The molecule has 1 amide bonds. The van der Waals surface area contributed by atoms with Gasteiger partial charge in [0.15, 0.2) is 0 Å². The van der Waals surface area contributed by atoms with Crippen molar-refractivity contribution in [1.82, 2.24) is 5.32 Å². The molecule has 4 heteroatoms. The van der Waals surface area contributed by atoms with Gasteiger partial charge < -0.3 is 15.2 Å². The van der Waals surface area contributed by atoms with E-state index in [1.807, 2.05) is 6.92 Å². The molecule has 2 atom stereocenters. The molecule has 4 nitrogen and oxygen atoms in total. The van der Waals surface area contributed by atoms with Crippen LogP contribution in [0.2, 0.25) is 0 Å². The lowest BCUT2D eigenvalue weighted by atomic mass is 10.0. The van der Waals surface area contributed by atoms with E-state index >= 15 is 0 Å². The molecule has 1 heterocycles. The predicted molar refractivity (Wildman–Crippen MR) is 55.4 cm³/mol. The van der Waals surface area contributed by atoms with E-state index in [1.165, 1.54) is 0 Å². The molecule has 15 heavy (non-hydrogen) atoms. The Kier molecular flexibility index (Phi) is 2.98. The molecule has 1 aliphatic heterocycles. The number of nitrogens with one attached hydrogen (secondary N) is 1. The number of rotatable bonds is 2. The van der Waals surface area contributed by atoms with Crippen LogP contribution in [0.1, 0.15) is 39.0 Å². The minimum absolute atomic E-state index is 0.0685. The molecule has 0 aromatic heterocycles. The zero-order valence-corrected chi connectivity index (χ0v) is 9.16. The van der Waals surface area contributed by atoms with Gasteiger partial charge in [0.2, 0.25) is 0 Å². The third-order valence-electron chi connectivity index (χ3n) is 3.55. The summed E-state index contributed by atoms with van der Waals surface area (Å²) in [6, 6.07) is 0.0714. The molecule has 1 aliphatic carbocycles. The summed E-state index contributed by atoms with van der Waals surface area (Å²) in [5.74, 6) is -0.206. The first-order valence-corrected chi connectivity index (χ1v) is 5.77. The molecule has 0 aromatic carbocycles. The van der Waals surface area contributed by atoms with Gasteiger partial charge in [-0.05, 0) is 39.0 Å². The largest absolute Gasteiger partial charge is 0.380 e. The van der Waals surface area contributed by atoms with Gasteiger partial charge in [0.25, 0.3) is 5.91 Å². The molecule has 2 aliphatic rings. The maximum atomic E-state index is 11.9. The summed E-state index contributed by atoms with van der Waals surface area (Å²) in [7, 11) is 0. The Labute approximate surface area is 90.0 Å². The van der Waals surface area contributed by atoms with Crippen LogP contribution < -0.4 is 5.32 Å². The van der Waals surface area contributed by atoms with Gasteiger partial charge in [-0.2, -0.15) is 0 Å². The van der Waals surface area contributed by atoms with E-state index in [-0.39, 0.29) is 18.1 Å². The lowest BCUT2D eigenvalue weighted by molar-refractivity contribution is -0.140. The Morgan fingerprint density at radius 1 is 1.47 bits per heavy atom. The van der Waals surface area contributed by atoms with Crippen LogP contribution in [-0.2, 0) is 9.53 Å². The smallest absolute Gasteiger partial charge is 0.252 e. The number of hydrogen-bond donors (Lipinski definition) is 2. The molecule has 2 rings (SSSR count). The van der Waals surface area contributed by atoms with Crippen molar-refractivity contribution < 1.29 is 14.6 Å². The predicted octanol–water partition coefficient (Wildman–Crippen LogP) is 0.585. The van der Waals surface area contributed by atoms with Crippen LogP contribution in [-0.4, -0.2) is 35.4 Å². The van der Waals surface area contributed by atoms with Crippen LogP contribution in [0.25, 0.3) is 0 Å². The standard InChI is InChI=1S/C11H19NO3/c1-8-9(4-7-15-8)12-10(13)11(14)5-2-3-6-11/h8-9,14H,2-7H2,1H3,(H,12,13). The van der Waals surface area contributed by atoms with Crippen LogP contribution in [0.3, 0.4) is 0 Å². The fraction of sp³-hybridized carbons (Fsp3) is 0.909. The van der Waals surface area contributed by atoms with Crippen LogP contribution in [0, 0.1) is 0 Å². The third kappa shape index (κ3) is 2.16. The highest BCUT2D eigenvalue weighted by Crippen LogP contribution is 2.30. The molecule has 0 aromatic rings. The lowest BCUT2D eigenvalue weighted by Gasteiger charge is -2.24. The first kappa shape index (κ1) is 10.9. The van der Waals surface area contributed by atoms with Gasteiger partial charge >= 0.3 is 0 Å². The SMILES string of the molecule is CC1OCCC1NC(=O)C1(O)CCCC1. The normalized spacial score (nSPS) is 34.3. The second kappa shape index (κ2) is 4.10. The summed E-state index contributed by atoms with van der Waals surface area (Å²) in [5, 5.41) is 13.0. The minimum atomic E-state index is -1.11. The average Bonchev–Trinajstić information content (AvgIpc) is 2.78. The van der Waals surface area contributed by atoms with Crippen LogP contribution in [0.5, 0.6) is 0 Å². The number of carbonyl (C=O) groups excluding carboxylic acids is 1. The van der Waals surface area contributed by atoms with E-state index in [0.29, 0.717) is 19.4 Å². The highest BCUT2D eigenvalue weighted by Gasteiger charge is 2.40. The summed E-state index contributed by atoms with van der Waals surface area (Å²) in [5.41, 5.74) is -1.11. The molecule has 1 saturated carbocycles. The van der Waals surface area contributed by atoms with Gasteiger partial charge in [0.1, 0.15) is 5.60 Å². The minimum Gasteiger partial charge on any atom is -0.380 e. The number of amides is 1. The quantitative estimate of drug-likeness (QED) is 0.705. The lowest BCUT2D eigenvalue weighted by Crippen LogP contribution is -2.50. The molecule has 0 spiro atoms. The topological polar surface area (TPSA) is 58.6 Å². The average molecular weight is 213 g/mol. The fourth-order valence-corrected chi connectivity index (χ4v) is 2.41. The highest BCUT2D eigenvalue weighted by molar-refractivity contribution is 5.85. The first-order chi connectivity index (χ1) is 7.12. The van der Waals surface area contributed by atoms with Crippen molar-refractivity contribution in [1.29, 1.82) is 0 Å². The van der Waals surface area contributed by atoms with Gasteiger partial charge in [-0.25, -0.2) is 0 Å². The van der Waals surface area contributed by atoms with Crippen LogP contribution in [0.4, 0.5) is 0 Å². The number of hydrogen-bond acceptors (Lipinski definition) is 3. The zero-order valence-electron chi connectivity index (χ0n) is 9.16. The molecule has 86 valence electrons. The van der Waals surface area contributed by atoms with E-state index in [9.17, 15) is 9.90 Å². The Hall–Kier alpha value is -0.610. The summed E-state index contributed by atoms with van der Waals surface area (Å²) >= 11 is 0. The van der Waals surface area contributed by atoms with Gasteiger partial charge in [-0.3, -0.25) is 4.79 Å². The molecule has 2 unspecified atom stereocenters. The highest BCUT2D eigenvalue weighted by atomic mass is 16.5. The van der Waals surface area contributed by atoms with E-state index in [1.54, 1.807) is 0 Å². The first-order valence-electron chi connectivity index (χ1n) is 5.77. The summed E-state index contributed by atoms with van der Waals surface area (Å²) in [6.45, 7) is 2.65. The van der Waals surface area contributed by atoms with Crippen molar-refractivity contribution in [3.63, 3.8) is 0 Å². The molecular weight excluding hydrogens is 194 g/mol. The van der Waals surface area contributed by atoms with Gasteiger partial charge in [-0.1, -0.05) is 0 Å². The molecule has 2 N–H and O–H groups in total. The summed E-state index contributed by atoms with van der Waals surface area (Å²) in [6.07, 6.45) is 4.00. The summed E-state index contributed by atoms with van der Waals surface area (Å²) < 4.78 is 5.37. The molecule has 1 saturated heterocycles.